The summed E-state index contributed by atoms with van der Waals surface area (Å²) in [4.78, 5) is 24.7. The van der Waals surface area contributed by atoms with E-state index in [2.05, 4.69) is 5.32 Å². The highest BCUT2D eigenvalue weighted by atomic mass is 35.5. The van der Waals surface area contributed by atoms with Crippen LogP contribution in [-0.4, -0.2) is 29.3 Å². The van der Waals surface area contributed by atoms with Crippen LogP contribution >= 0.6 is 23.4 Å². The Labute approximate surface area is 143 Å². The minimum atomic E-state index is -1.08. The summed E-state index contributed by atoms with van der Waals surface area (Å²) in [6.07, 6.45) is 2.10. The van der Waals surface area contributed by atoms with Gasteiger partial charge < -0.3 is 10.4 Å². The van der Waals surface area contributed by atoms with E-state index in [0.29, 0.717) is 5.02 Å². The normalized spacial score (nSPS) is 11.7. The van der Waals surface area contributed by atoms with Gasteiger partial charge in [-0.25, -0.2) is 4.79 Å². The number of carbonyl (C=O) groups excluding carboxylic acids is 1. The topological polar surface area (TPSA) is 66.4 Å². The molecule has 1 amide bonds. The molecule has 2 N–H and O–H groups in total. The summed E-state index contributed by atoms with van der Waals surface area (Å²) in [5.74, 6) is -1.58. The van der Waals surface area contributed by atoms with Crippen molar-refractivity contribution in [3.05, 3.63) is 64.7 Å². The Hall–Kier alpha value is -1.98. The number of rotatable bonds is 6. The first-order valence-electron chi connectivity index (χ1n) is 6.92. The Morgan fingerprint density at radius 3 is 2.52 bits per heavy atom. The zero-order valence-corrected chi connectivity index (χ0v) is 14.0. The lowest BCUT2D eigenvalue weighted by Crippen LogP contribution is -2.42. The molecule has 23 heavy (non-hydrogen) atoms. The summed E-state index contributed by atoms with van der Waals surface area (Å²) < 4.78 is 0. The SMILES string of the molecule is CSc1ccc(Cl)c(C(=O)NC(Cc2ccccc2)C(=O)O)c1. The van der Waals surface area contributed by atoms with Crippen LogP contribution in [0.25, 0.3) is 0 Å². The predicted molar refractivity (Wildman–Crippen MR) is 92.3 cm³/mol. The molecular weight excluding hydrogens is 334 g/mol. The van der Waals surface area contributed by atoms with Crippen molar-refractivity contribution in [1.29, 1.82) is 0 Å². The average Bonchev–Trinajstić information content (AvgIpc) is 2.55. The standard InChI is InChI=1S/C17H16ClNO3S/c1-23-12-7-8-14(18)13(10-12)16(20)19-15(17(21)22)9-11-5-3-2-4-6-11/h2-8,10,15H,9H2,1H3,(H,19,20)(H,21,22). The fourth-order valence-corrected chi connectivity index (χ4v) is 2.73. The summed E-state index contributed by atoms with van der Waals surface area (Å²) in [7, 11) is 0. The van der Waals surface area contributed by atoms with Gasteiger partial charge in [-0.1, -0.05) is 41.9 Å². The van der Waals surface area contributed by atoms with Crippen LogP contribution in [0.15, 0.2) is 53.4 Å². The van der Waals surface area contributed by atoms with E-state index in [1.165, 1.54) is 11.8 Å². The van der Waals surface area contributed by atoms with Crippen LogP contribution < -0.4 is 5.32 Å². The Morgan fingerprint density at radius 1 is 1.22 bits per heavy atom. The van der Waals surface area contributed by atoms with E-state index >= 15 is 0 Å². The molecule has 1 unspecified atom stereocenters. The lowest BCUT2D eigenvalue weighted by atomic mass is 10.1. The molecule has 0 aliphatic rings. The van der Waals surface area contributed by atoms with Gasteiger partial charge in [-0.05, 0) is 30.0 Å². The van der Waals surface area contributed by atoms with Crippen LogP contribution in [0, 0.1) is 0 Å². The van der Waals surface area contributed by atoms with Crippen molar-refractivity contribution in [3.8, 4) is 0 Å². The molecule has 0 aliphatic heterocycles. The van der Waals surface area contributed by atoms with Crippen molar-refractivity contribution in [2.24, 2.45) is 0 Å². The number of thioether (sulfide) groups is 1. The molecule has 0 aliphatic carbocycles. The second-order valence-electron chi connectivity index (χ2n) is 4.90. The van der Waals surface area contributed by atoms with Crippen LogP contribution in [0.1, 0.15) is 15.9 Å². The number of halogens is 1. The van der Waals surface area contributed by atoms with E-state index < -0.39 is 17.9 Å². The molecule has 0 saturated carbocycles. The number of aliphatic carboxylic acids is 1. The summed E-state index contributed by atoms with van der Waals surface area (Å²) >= 11 is 7.54. The van der Waals surface area contributed by atoms with E-state index in [0.717, 1.165) is 10.5 Å². The number of hydrogen-bond acceptors (Lipinski definition) is 3. The number of amides is 1. The number of nitrogens with one attached hydrogen (secondary N) is 1. The predicted octanol–water partition coefficient (Wildman–Crippen LogP) is 3.49. The van der Waals surface area contributed by atoms with Crippen LogP contribution in [0.2, 0.25) is 5.02 Å². The molecule has 0 saturated heterocycles. The smallest absolute Gasteiger partial charge is 0.326 e. The number of carbonyl (C=O) groups is 2. The molecule has 0 heterocycles. The third-order valence-electron chi connectivity index (χ3n) is 3.30. The van der Waals surface area contributed by atoms with Crippen molar-refractivity contribution in [2.45, 2.75) is 17.4 Å². The first kappa shape index (κ1) is 17.4. The van der Waals surface area contributed by atoms with Gasteiger partial charge in [0, 0.05) is 11.3 Å². The Morgan fingerprint density at radius 2 is 1.91 bits per heavy atom. The Balaban J connectivity index is 2.17. The zero-order chi connectivity index (χ0) is 16.8. The van der Waals surface area contributed by atoms with Gasteiger partial charge in [0.1, 0.15) is 6.04 Å². The van der Waals surface area contributed by atoms with Gasteiger partial charge in [0.25, 0.3) is 5.91 Å². The summed E-state index contributed by atoms with van der Waals surface area (Å²) in [6, 6.07) is 13.2. The van der Waals surface area contributed by atoms with E-state index in [1.54, 1.807) is 12.1 Å². The molecule has 6 heteroatoms. The van der Waals surface area contributed by atoms with Crippen molar-refractivity contribution in [1.82, 2.24) is 5.32 Å². The molecule has 0 bridgehead atoms. The molecule has 2 aromatic rings. The second-order valence-corrected chi connectivity index (χ2v) is 6.19. The molecule has 0 radical (unpaired) electrons. The van der Waals surface area contributed by atoms with Crippen LogP contribution in [0.4, 0.5) is 0 Å². The summed E-state index contributed by atoms with van der Waals surface area (Å²) in [5, 5.41) is 12.2. The Bertz CT molecular complexity index is 706. The van der Waals surface area contributed by atoms with Crippen LogP contribution in [0.3, 0.4) is 0 Å². The Kier molecular flexibility index (Phi) is 6.07. The lowest BCUT2D eigenvalue weighted by molar-refractivity contribution is -0.139. The number of carboxylic acids is 1. The molecule has 0 spiro atoms. The highest BCUT2D eigenvalue weighted by Crippen LogP contribution is 2.23. The van der Waals surface area contributed by atoms with Gasteiger partial charge in [-0.2, -0.15) is 0 Å². The van der Waals surface area contributed by atoms with Crippen LogP contribution in [0.5, 0.6) is 0 Å². The highest BCUT2D eigenvalue weighted by molar-refractivity contribution is 7.98. The minimum absolute atomic E-state index is 0.210. The highest BCUT2D eigenvalue weighted by Gasteiger charge is 2.22. The lowest BCUT2D eigenvalue weighted by Gasteiger charge is -2.15. The second kappa shape index (κ2) is 8.04. The van der Waals surface area contributed by atoms with E-state index in [1.807, 2.05) is 42.7 Å². The monoisotopic (exact) mass is 349 g/mol. The third kappa shape index (κ3) is 4.74. The molecule has 120 valence electrons. The van der Waals surface area contributed by atoms with E-state index in [-0.39, 0.29) is 12.0 Å². The van der Waals surface area contributed by atoms with E-state index in [9.17, 15) is 14.7 Å². The fraction of sp³-hybridized carbons (Fsp3) is 0.176. The maximum Gasteiger partial charge on any atom is 0.326 e. The number of carboxylic acid groups (broad SMARTS) is 1. The summed E-state index contributed by atoms with van der Waals surface area (Å²) in [5.41, 5.74) is 1.11. The van der Waals surface area contributed by atoms with Gasteiger partial charge >= 0.3 is 5.97 Å². The first-order chi connectivity index (χ1) is 11.0. The van der Waals surface area contributed by atoms with Crippen LogP contribution in [-0.2, 0) is 11.2 Å². The zero-order valence-electron chi connectivity index (χ0n) is 12.5. The molecule has 0 fully saturated rings. The van der Waals surface area contributed by atoms with Gasteiger partial charge in [-0.3, -0.25) is 4.79 Å². The first-order valence-corrected chi connectivity index (χ1v) is 8.52. The third-order valence-corrected chi connectivity index (χ3v) is 4.36. The van der Waals surface area contributed by atoms with Gasteiger partial charge in [0.15, 0.2) is 0 Å². The van der Waals surface area contributed by atoms with E-state index in [4.69, 9.17) is 11.6 Å². The van der Waals surface area contributed by atoms with Gasteiger partial charge in [-0.15, -0.1) is 11.8 Å². The fourth-order valence-electron chi connectivity index (χ4n) is 2.09. The van der Waals surface area contributed by atoms with Crippen molar-refractivity contribution in [2.75, 3.05) is 6.26 Å². The number of hydrogen-bond donors (Lipinski definition) is 2. The van der Waals surface area contributed by atoms with Gasteiger partial charge in [0.05, 0.1) is 10.6 Å². The van der Waals surface area contributed by atoms with Crippen molar-refractivity contribution in [3.63, 3.8) is 0 Å². The quantitative estimate of drug-likeness (QED) is 0.783. The maximum atomic E-state index is 12.4. The molecule has 0 aromatic heterocycles. The molecular formula is C17H16ClNO3S. The molecule has 4 nitrogen and oxygen atoms in total. The van der Waals surface area contributed by atoms with Crippen molar-refractivity contribution < 1.29 is 14.7 Å². The maximum absolute atomic E-state index is 12.4. The minimum Gasteiger partial charge on any atom is -0.480 e. The summed E-state index contributed by atoms with van der Waals surface area (Å²) in [6.45, 7) is 0. The average molecular weight is 350 g/mol. The van der Waals surface area contributed by atoms with Crippen molar-refractivity contribution >= 4 is 35.2 Å². The molecule has 2 aromatic carbocycles. The van der Waals surface area contributed by atoms with Gasteiger partial charge in [0.2, 0.25) is 0 Å². The largest absolute Gasteiger partial charge is 0.480 e. The molecule has 2 rings (SSSR count). The number of benzene rings is 2. The molecule has 1 atom stereocenters.